The number of thiazole rings is 1. The van der Waals surface area contributed by atoms with Crippen LogP contribution in [-0.2, 0) is 11.2 Å². The molecular formula is C21H16N4OS. The van der Waals surface area contributed by atoms with Gasteiger partial charge < -0.3 is 10.3 Å². The fourth-order valence-corrected chi connectivity index (χ4v) is 3.68. The van der Waals surface area contributed by atoms with E-state index in [9.17, 15) is 4.79 Å². The third kappa shape index (κ3) is 3.73. The van der Waals surface area contributed by atoms with Crippen molar-refractivity contribution in [3.8, 4) is 17.3 Å². The Kier molecular flexibility index (Phi) is 4.69. The fraction of sp³-hybridized carbons (Fsp3) is 0.0952. The molecule has 0 atom stereocenters. The van der Waals surface area contributed by atoms with Gasteiger partial charge in [0.15, 0.2) is 5.13 Å². The molecule has 2 heterocycles. The number of carbonyl (C=O) groups excluding carboxylic acids is 1. The molecule has 0 aliphatic heterocycles. The van der Waals surface area contributed by atoms with Crippen LogP contribution >= 0.6 is 11.3 Å². The van der Waals surface area contributed by atoms with Gasteiger partial charge in [-0.25, -0.2) is 4.98 Å². The first kappa shape index (κ1) is 17.0. The third-order valence-corrected chi connectivity index (χ3v) is 5.11. The highest BCUT2D eigenvalue weighted by Gasteiger charge is 2.10. The number of H-pyrrole nitrogens is 1. The number of fused-ring (bicyclic) bond motifs is 1. The number of benzene rings is 2. The van der Waals surface area contributed by atoms with Gasteiger partial charge in [0.05, 0.1) is 17.3 Å². The van der Waals surface area contributed by atoms with E-state index in [4.69, 9.17) is 5.26 Å². The molecule has 0 aliphatic carbocycles. The zero-order valence-electron chi connectivity index (χ0n) is 14.4. The molecule has 27 heavy (non-hydrogen) atoms. The van der Waals surface area contributed by atoms with Crippen LogP contribution in [0.4, 0.5) is 5.13 Å². The van der Waals surface area contributed by atoms with Crippen molar-refractivity contribution in [1.82, 2.24) is 9.97 Å². The quantitative estimate of drug-likeness (QED) is 0.531. The van der Waals surface area contributed by atoms with Crippen LogP contribution in [0.5, 0.6) is 0 Å². The minimum Gasteiger partial charge on any atom is -0.361 e. The molecule has 0 saturated carbocycles. The van der Waals surface area contributed by atoms with Gasteiger partial charge in [-0.1, -0.05) is 30.3 Å². The Balaban J connectivity index is 1.38. The van der Waals surface area contributed by atoms with E-state index in [1.165, 1.54) is 11.3 Å². The van der Waals surface area contributed by atoms with Crippen LogP contribution in [0.1, 0.15) is 17.5 Å². The van der Waals surface area contributed by atoms with E-state index in [-0.39, 0.29) is 5.91 Å². The van der Waals surface area contributed by atoms with Crippen LogP contribution in [0.25, 0.3) is 22.2 Å². The summed E-state index contributed by atoms with van der Waals surface area (Å²) in [5, 5.41) is 15.4. The van der Waals surface area contributed by atoms with Crippen molar-refractivity contribution in [2.45, 2.75) is 12.8 Å². The smallest absolute Gasteiger partial charge is 0.226 e. The molecule has 132 valence electrons. The van der Waals surface area contributed by atoms with Crippen molar-refractivity contribution in [1.29, 1.82) is 5.26 Å². The number of aromatic amines is 1. The first-order valence-electron chi connectivity index (χ1n) is 8.54. The lowest BCUT2D eigenvalue weighted by Crippen LogP contribution is -2.12. The average Bonchev–Trinajstić information content (AvgIpc) is 3.33. The van der Waals surface area contributed by atoms with Gasteiger partial charge in [0.2, 0.25) is 5.91 Å². The molecule has 6 heteroatoms. The highest BCUT2D eigenvalue weighted by Crippen LogP contribution is 2.25. The molecule has 2 N–H and O–H groups in total. The molecule has 0 radical (unpaired) electrons. The van der Waals surface area contributed by atoms with Gasteiger partial charge in [0, 0.05) is 34.5 Å². The summed E-state index contributed by atoms with van der Waals surface area (Å²) in [7, 11) is 0. The number of para-hydroxylation sites is 1. The van der Waals surface area contributed by atoms with Crippen LogP contribution in [0, 0.1) is 11.3 Å². The standard InChI is InChI=1S/C21H16N4OS/c22-11-14-5-7-15(8-6-14)19-13-27-21(24-19)25-20(26)10-9-16-12-23-18-4-2-1-3-17(16)18/h1-8,12-13,23H,9-10H2,(H,24,25,26). The summed E-state index contributed by atoms with van der Waals surface area (Å²) in [6, 6.07) is 17.4. The van der Waals surface area contributed by atoms with E-state index in [1.54, 1.807) is 12.1 Å². The number of hydrogen-bond acceptors (Lipinski definition) is 4. The molecule has 0 saturated heterocycles. The molecule has 4 aromatic rings. The van der Waals surface area contributed by atoms with E-state index in [0.717, 1.165) is 27.7 Å². The Labute approximate surface area is 160 Å². The number of hydrogen-bond donors (Lipinski definition) is 2. The largest absolute Gasteiger partial charge is 0.361 e. The molecule has 1 amide bonds. The number of aryl methyl sites for hydroxylation is 1. The lowest BCUT2D eigenvalue weighted by atomic mass is 10.1. The summed E-state index contributed by atoms with van der Waals surface area (Å²) in [5.41, 5.74) is 4.54. The maximum absolute atomic E-state index is 12.3. The topological polar surface area (TPSA) is 81.6 Å². The Morgan fingerprint density at radius 2 is 2.00 bits per heavy atom. The zero-order chi connectivity index (χ0) is 18.6. The van der Waals surface area contributed by atoms with Gasteiger partial charge in [-0.05, 0) is 30.2 Å². The lowest BCUT2D eigenvalue weighted by Gasteiger charge is -2.02. The summed E-state index contributed by atoms with van der Waals surface area (Å²) in [5.74, 6) is -0.0546. The number of rotatable bonds is 5. The number of carbonyl (C=O) groups is 1. The maximum atomic E-state index is 12.3. The van der Waals surface area contributed by atoms with Crippen LogP contribution < -0.4 is 5.32 Å². The third-order valence-electron chi connectivity index (χ3n) is 4.36. The average molecular weight is 372 g/mol. The summed E-state index contributed by atoms with van der Waals surface area (Å²) in [6.45, 7) is 0. The molecule has 4 rings (SSSR count). The van der Waals surface area contributed by atoms with Crippen LogP contribution in [-0.4, -0.2) is 15.9 Å². The van der Waals surface area contributed by atoms with Gasteiger partial charge in [-0.2, -0.15) is 5.26 Å². The first-order valence-corrected chi connectivity index (χ1v) is 9.42. The van der Waals surface area contributed by atoms with Gasteiger partial charge in [-0.15, -0.1) is 11.3 Å². The van der Waals surface area contributed by atoms with Crippen molar-refractivity contribution in [2.75, 3.05) is 5.32 Å². The molecule has 5 nitrogen and oxygen atoms in total. The summed E-state index contributed by atoms with van der Waals surface area (Å²) < 4.78 is 0. The minimum absolute atomic E-state index is 0.0546. The molecule has 0 aliphatic rings. The van der Waals surface area contributed by atoms with Gasteiger partial charge in [0.25, 0.3) is 0 Å². The Morgan fingerprint density at radius 3 is 2.81 bits per heavy atom. The monoisotopic (exact) mass is 372 g/mol. The lowest BCUT2D eigenvalue weighted by molar-refractivity contribution is -0.116. The zero-order valence-corrected chi connectivity index (χ0v) is 15.2. The first-order chi connectivity index (χ1) is 13.2. The van der Waals surface area contributed by atoms with E-state index in [1.807, 2.05) is 41.9 Å². The molecule has 2 aromatic heterocycles. The van der Waals surface area contributed by atoms with Crippen molar-refractivity contribution in [3.63, 3.8) is 0 Å². The van der Waals surface area contributed by atoms with Gasteiger partial charge in [-0.3, -0.25) is 4.79 Å². The van der Waals surface area contributed by atoms with Gasteiger partial charge >= 0.3 is 0 Å². The van der Waals surface area contributed by atoms with Crippen molar-refractivity contribution >= 4 is 33.3 Å². The summed E-state index contributed by atoms with van der Waals surface area (Å²) in [6.07, 6.45) is 3.03. The fourth-order valence-electron chi connectivity index (χ4n) is 2.95. The summed E-state index contributed by atoms with van der Waals surface area (Å²) in [4.78, 5) is 20.0. The minimum atomic E-state index is -0.0546. The Hall–Kier alpha value is -3.43. The van der Waals surface area contributed by atoms with Crippen molar-refractivity contribution < 1.29 is 4.79 Å². The Morgan fingerprint density at radius 1 is 1.19 bits per heavy atom. The van der Waals surface area contributed by atoms with E-state index in [0.29, 0.717) is 23.5 Å². The molecule has 0 fully saturated rings. The predicted molar refractivity (Wildman–Crippen MR) is 108 cm³/mol. The Bertz CT molecular complexity index is 1130. The second-order valence-electron chi connectivity index (χ2n) is 6.13. The number of anilines is 1. The molecule has 0 unspecified atom stereocenters. The van der Waals surface area contributed by atoms with Crippen molar-refractivity contribution in [2.24, 2.45) is 0 Å². The van der Waals surface area contributed by atoms with Crippen molar-refractivity contribution in [3.05, 3.63) is 71.2 Å². The SMILES string of the molecule is N#Cc1ccc(-c2csc(NC(=O)CCc3c[nH]c4ccccc34)n2)cc1. The highest BCUT2D eigenvalue weighted by atomic mass is 32.1. The van der Waals surface area contributed by atoms with Crippen LogP contribution in [0.15, 0.2) is 60.1 Å². The van der Waals surface area contributed by atoms with Crippen LogP contribution in [0.2, 0.25) is 0 Å². The molecule has 0 bridgehead atoms. The molecular weight excluding hydrogens is 356 g/mol. The number of aromatic nitrogens is 2. The highest BCUT2D eigenvalue weighted by molar-refractivity contribution is 7.14. The summed E-state index contributed by atoms with van der Waals surface area (Å²) >= 11 is 1.39. The van der Waals surface area contributed by atoms with E-state index < -0.39 is 0 Å². The number of nitrogens with one attached hydrogen (secondary N) is 2. The van der Waals surface area contributed by atoms with Gasteiger partial charge in [0.1, 0.15) is 0 Å². The second-order valence-corrected chi connectivity index (χ2v) is 6.99. The van der Waals surface area contributed by atoms with E-state index >= 15 is 0 Å². The van der Waals surface area contributed by atoms with E-state index in [2.05, 4.69) is 27.4 Å². The number of nitriles is 1. The van der Waals surface area contributed by atoms with Crippen LogP contribution in [0.3, 0.4) is 0 Å². The normalized spacial score (nSPS) is 10.6. The number of nitrogens with zero attached hydrogens (tertiary/aromatic N) is 2. The molecule has 2 aromatic carbocycles. The predicted octanol–water partition coefficient (Wildman–Crippen LogP) is 4.73. The molecule has 0 spiro atoms. The second kappa shape index (κ2) is 7.44. The maximum Gasteiger partial charge on any atom is 0.226 e. The number of amides is 1.